The molecule has 1 fully saturated rings. The van der Waals surface area contributed by atoms with Gasteiger partial charge in [-0.25, -0.2) is 0 Å². The largest absolute Gasteiger partial charge is 0.384 e. The number of ketones is 2. The van der Waals surface area contributed by atoms with Crippen LogP contribution in [0.4, 0.5) is 0 Å². The average Bonchev–Trinajstić information content (AvgIpc) is 2.70. The summed E-state index contributed by atoms with van der Waals surface area (Å²) in [5.74, 6) is 0.754. The Morgan fingerprint density at radius 2 is 1.95 bits per heavy atom. The predicted octanol–water partition coefficient (Wildman–Crippen LogP) is 2.06. The minimum absolute atomic E-state index is 0.0271. The van der Waals surface area contributed by atoms with Crippen molar-refractivity contribution in [3.8, 4) is 0 Å². The monoisotopic (exact) mass is 269 g/mol. The van der Waals surface area contributed by atoms with Crippen LogP contribution >= 0.6 is 0 Å². The molecule has 0 saturated carbocycles. The van der Waals surface area contributed by atoms with E-state index in [4.69, 9.17) is 4.74 Å². The Morgan fingerprint density at radius 1 is 1.32 bits per heavy atom. The Bertz CT molecular complexity index is 333. The molecule has 19 heavy (non-hydrogen) atoms. The molecule has 4 nitrogen and oxygen atoms in total. The summed E-state index contributed by atoms with van der Waals surface area (Å²) in [5.41, 5.74) is -0.0271. The van der Waals surface area contributed by atoms with Crippen molar-refractivity contribution in [1.82, 2.24) is 4.90 Å². The van der Waals surface area contributed by atoms with Crippen molar-refractivity contribution in [2.45, 2.75) is 58.5 Å². The molecule has 0 bridgehead atoms. The second-order valence-corrected chi connectivity index (χ2v) is 6.54. The highest BCUT2D eigenvalue weighted by Crippen LogP contribution is 2.32. The summed E-state index contributed by atoms with van der Waals surface area (Å²) in [5, 5.41) is 0. The van der Waals surface area contributed by atoms with Crippen molar-refractivity contribution in [3.05, 3.63) is 0 Å². The van der Waals surface area contributed by atoms with E-state index < -0.39 is 0 Å². The van der Waals surface area contributed by atoms with Gasteiger partial charge < -0.3 is 4.74 Å². The van der Waals surface area contributed by atoms with Crippen LogP contribution in [-0.4, -0.2) is 48.3 Å². The van der Waals surface area contributed by atoms with Crippen LogP contribution in [0.2, 0.25) is 0 Å². The molecule has 0 N–H and O–H groups in total. The summed E-state index contributed by atoms with van der Waals surface area (Å²) in [6.45, 7) is 9.35. The molecule has 1 rings (SSSR count). The standard InChI is InChI=1S/C15H27NO3/c1-11(17)14-9-12(8-13(18)6-7-19-5)10-16(14)15(2,3)4/h12,14H,6-10H2,1-5H3/t12-,14?/m1/s1. The Kier molecular flexibility index (Phi) is 5.68. The first-order valence-electron chi connectivity index (χ1n) is 7.03. The molecule has 0 spiro atoms. The number of rotatable bonds is 6. The molecule has 0 aromatic rings. The zero-order chi connectivity index (χ0) is 14.6. The van der Waals surface area contributed by atoms with Gasteiger partial charge in [-0.2, -0.15) is 0 Å². The molecule has 0 aromatic heterocycles. The van der Waals surface area contributed by atoms with E-state index in [2.05, 4.69) is 25.7 Å². The van der Waals surface area contributed by atoms with Gasteiger partial charge >= 0.3 is 0 Å². The van der Waals surface area contributed by atoms with E-state index in [1.54, 1.807) is 14.0 Å². The van der Waals surface area contributed by atoms with E-state index in [1.807, 2.05) is 0 Å². The van der Waals surface area contributed by atoms with Crippen molar-refractivity contribution in [2.75, 3.05) is 20.3 Å². The van der Waals surface area contributed by atoms with Gasteiger partial charge in [-0.15, -0.1) is 0 Å². The molecule has 1 heterocycles. The number of carbonyl (C=O) groups is 2. The minimum atomic E-state index is -0.0276. The summed E-state index contributed by atoms with van der Waals surface area (Å²) in [7, 11) is 1.61. The summed E-state index contributed by atoms with van der Waals surface area (Å²) in [6, 6.07) is -0.0276. The fourth-order valence-electron chi connectivity index (χ4n) is 2.84. The zero-order valence-corrected chi connectivity index (χ0v) is 12.9. The first-order chi connectivity index (χ1) is 8.75. The van der Waals surface area contributed by atoms with Gasteiger partial charge in [0.05, 0.1) is 12.6 Å². The molecule has 1 aliphatic rings. The fraction of sp³-hybridized carbons (Fsp3) is 0.867. The zero-order valence-electron chi connectivity index (χ0n) is 12.9. The normalized spacial score (nSPS) is 24.7. The molecule has 1 aliphatic heterocycles. The second kappa shape index (κ2) is 6.62. The van der Waals surface area contributed by atoms with Gasteiger partial charge in [0.15, 0.2) is 0 Å². The van der Waals surface area contributed by atoms with Crippen LogP contribution in [0.5, 0.6) is 0 Å². The summed E-state index contributed by atoms with van der Waals surface area (Å²) < 4.78 is 4.93. The van der Waals surface area contributed by atoms with Crippen molar-refractivity contribution in [3.63, 3.8) is 0 Å². The Labute approximate surface area is 116 Å². The number of nitrogens with zero attached hydrogens (tertiary/aromatic N) is 1. The molecule has 0 radical (unpaired) electrons. The Balaban J connectivity index is 2.60. The van der Waals surface area contributed by atoms with Crippen LogP contribution in [0.15, 0.2) is 0 Å². The lowest BCUT2D eigenvalue weighted by Gasteiger charge is -2.35. The van der Waals surface area contributed by atoms with E-state index in [1.165, 1.54) is 0 Å². The van der Waals surface area contributed by atoms with Crippen LogP contribution < -0.4 is 0 Å². The van der Waals surface area contributed by atoms with E-state index in [0.29, 0.717) is 25.4 Å². The smallest absolute Gasteiger partial charge is 0.146 e. The number of likely N-dealkylation sites (tertiary alicyclic amines) is 1. The predicted molar refractivity (Wildman–Crippen MR) is 75.2 cm³/mol. The van der Waals surface area contributed by atoms with Crippen LogP contribution in [0.3, 0.4) is 0 Å². The highest BCUT2D eigenvalue weighted by Gasteiger charge is 2.40. The quantitative estimate of drug-likeness (QED) is 0.740. The molecule has 0 aliphatic carbocycles. The van der Waals surface area contributed by atoms with Gasteiger partial charge in [0.2, 0.25) is 0 Å². The average molecular weight is 269 g/mol. The molecular formula is C15H27NO3. The van der Waals surface area contributed by atoms with Crippen molar-refractivity contribution in [1.29, 1.82) is 0 Å². The molecule has 110 valence electrons. The molecule has 0 amide bonds. The van der Waals surface area contributed by atoms with Crippen molar-refractivity contribution in [2.24, 2.45) is 5.92 Å². The maximum atomic E-state index is 11.8. The van der Waals surface area contributed by atoms with Crippen LogP contribution in [0, 0.1) is 5.92 Å². The van der Waals surface area contributed by atoms with E-state index in [-0.39, 0.29) is 23.1 Å². The summed E-state index contributed by atoms with van der Waals surface area (Å²) in [4.78, 5) is 25.8. The van der Waals surface area contributed by atoms with Gasteiger partial charge in [-0.1, -0.05) is 0 Å². The number of carbonyl (C=O) groups excluding carboxylic acids is 2. The third-order valence-corrected chi connectivity index (χ3v) is 3.82. The lowest BCUT2D eigenvalue weighted by atomic mass is 9.97. The van der Waals surface area contributed by atoms with Gasteiger partial charge in [-0.05, 0) is 40.0 Å². The van der Waals surface area contributed by atoms with Gasteiger partial charge in [-0.3, -0.25) is 14.5 Å². The molecule has 4 heteroatoms. The Hall–Kier alpha value is -0.740. The first-order valence-corrected chi connectivity index (χ1v) is 7.03. The molecule has 1 unspecified atom stereocenters. The van der Waals surface area contributed by atoms with Gasteiger partial charge in [0, 0.05) is 32.0 Å². The number of methoxy groups -OCH3 is 1. The SMILES string of the molecule is COCCC(=O)C[C@@H]1CC(C(C)=O)N(C(C)(C)C)C1. The van der Waals surface area contributed by atoms with Crippen LogP contribution in [0.25, 0.3) is 0 Å². The summed E-state index contributed by atoms with van der Waals surface area (Å²) >= 11 is 0. The number of ether oxygens (including phenoxy) is 1. The van der Waals surface area contributed by atoms with E-state index in [9.17, 15) is 9.59 Å². The third kappa shape index (κ3) is 4.69. The Morgan fingerprint density at radius 3 is 2.37 bits per heavy atom. The van der Waals surface area contributed by atoms with E-state index >= 15 is 0 Å². The minimum Gasteiger partial charge on any atom is -0.384 e. The molecule has 2 atom stereocenters. The van der Waals surface area contributed by atoms with Crippen LogP contribution in [-0.2, 0) is 14.3 Å². The van der Waals surface area contributed by atoms with E-state index in [0.717, 1.165) is 13.0 Å². The van der Waals surface area contributed by atoms with Crippen molar-refractivity contribution >= 4 is 11.6 Å². The molecule has 1 saturated heterocycles. The number of Topliss-reactive ketones (excluding diaryl/α,β-unsaturated/α-hetero) is 2. The maximum Gasteiger partial charge on any atom is 0.146 e. The first kappa shape index (κ1) is 16.3. The lowest BCUT2D eigenvalue weighted by Crippen LogP contribution is -2.47. The van der Waals surface area contributed by atoms with Crippen molar-refractivity contribution < 1.29 is 14.3 Å². The highest BCUT2D eigenvalue weighted by atomic mass is 16.5. The van der Waals surface area contributed by atoms with Gasteiger partial charge in [0.25, 0.3) is 0 Å². The highest BCUT2D eigenvalue weighted by molar-refractivity contribution is 5.82. The maximum absolute atomic E-state index is 11.8. The number of hydrogen-bond donors (Lipinski definition) is 0. The van der Waals surface area contributed by atoms with Crippen LogP contribution in [0.1, 0.15) is 47.0 Å². The topological polar surface area (TPSA) is 46.6 Å². The second-order valence-electron chi connectivity index (χ2n) is 6.54. The molecule has 0 aromatic carbocycles. The fourth-order valence-corrected chi connectivity index (χ4v) is 2.84. The summed E-state index contributed by atoms with van der Waals surface area (Å²) in [6.07, 6.45) is 1.86. The molecular weight excluding hydrogens is 242 g/mol. The lowest BCUT2D eigenvalue weighted by molar-refractivity contribution is -0.123. The van der Waals surface area contributed by atoms with Gasteiger partial charge in [0.1, 0.15) is 11.6 Å². The third-order valence-electron chi connectivity index (χ3n) is 3.82. The number of hydrogen-bond acceptors (Lipinski definition) is 4.